The number of para-hydroxylation sites is 2. The van der Waals surface area contributed by atoms with Gasteiger partial charge in [0.2, 0.25) is 5.82 Å². The van der Waals surface area contributed by atoms with Gasteiger partial charge in [0.05, 0.1) is 19.1 Å². The number of thioether (sulfide) groups is 1. The summed E-state index contributed by atoms with van der Waals surface area (Å²) in [5.41, 5.74) is 1.17. The number of methoxy groups -OCH3 is 1. The average Bonchev–Trinajstić information content (AvgIpc) is 3.37. The zero-order valence-corrected chi connectivity index (χ0v) is 16.4. The summed E-state index contributed by atoms with van der Waals surface area (Å²) in [5.74, 6) is 1.69. The Morgan fingerprint density at radius 3 is 2.71 bits per heavy atom. The van der Waals surface area contributed by atoms with Crippen LogP contribution < -0.4 is 4.74 Å². The van der Waals surface area contributed by atoms with Gasteiger partial charge in [-0.25, -0.2) is 4.39 Å². The number of rotatable bonds is 6. The number of hydrogen-bond donors (Lipinski definition) is 0. The molecular formula is C20H15ClFN3O2S. The summed E-state index contributed by atoms with van der Waals surface area (Å²) in [6.07, 6.45) is 1.57. The lowest BCUT2D eigenvalue weighted by Crippen LogP contribution is -2.02. The lowest BCUT2D eigenvalue weighted by Gasteiger charge is -2.13. The predicted molar refractivity (Wildman–Crippen MR) is 107 cm³/mol. The zero-order chi connectivity index (χ0) is 19.5. The highest BCUT2D eigenvalue weighted by Gasteiger charge is 2.21. The SMILES string of the molecule is COc1ccccc1-n1c(SCc2c(F)cccc2Cl)nnc1-c1ccco1. The lowest BCUT2D eigenvalue weighted by molar-refractivity contribution is 0.412. The van der Waals surface area contributed by atoms with E-state index in [0.717, 1.165) is 5.69 Å². The van der Waals surface area contributed by atoms with Crippen LogP contribution in [0.2, 0.25) is 5.02 Å². The van der Waals surface area contributed by atoms with Gasteiger partial charge in [-0.2, -0.15) is 0 Å². The summed E-state index contributed by atoms with van der Waals surface area (Å²) in [7, 11) is 1.60. The summed E-state index contributed by atoms with van der Waals surface area (Å²) < 4.78 is 27.0. The Morgan fingerprint density at radius 1 is 1.11 bits per heavy atom. The van der Waals surface area contributed by atoms with Gasteiger partial charge in [0.15, 0.2) is 10.9 Å². The standard InChI is InChI=1S/C20H15ClFN3O2S/c1-26-17-9-3-2-8-16(17)25-19(18-10-5-11-27-18)23-24-20(25)28-12-13-14(21)6-4-7-15(13)22/h2-11H,12H2,1H3. The van der Waals surface area contributed by atoms with Gasteiger partial charge in [-0.15, -0.1) is 10.2 Å². The van der Waals surface area contributed by atoms with Crippen molar-refractivity contribution in [3.8, 4) is 23.0 Å². The third-order valence-electron chi connectivity index (χ3n) is 4.11. The first-order chi connectivity index (χ1) is 13.7. The number of nitrogens with zero attached hydrogens (tertiary/aromatic N) is 3. The average molecular weight is 416 g/mol. The monoisotopic (exact) mass is 415 g/mol. The predicted octanol–water partition coefficient (Wildman–Crippen LogP) is 5.62. The van der Waals surface area contributed by atoms with Crippen LogP contribution in [0.25, 0.3) is 17.3 Å². The molecule has 0 saturated heterocycles. The van der Waals surface area contributed by atoms with E-state index in [1.165, 1.54) is 17.8 Å². The van der Waals surface area contributed by atoms with Gasteiger partial charge in [0.1, 0.15) is 11.6 Å². The van der Waals surface area contributed by atoms with Gasteiger partial charge in [0, 0.05) is 16.3 Å². The van der Waals surface area contributed by atoms with E-state index >= 15 is 0 Å². The third-order valence-corrected chi connectivity index (χ3v) is 5.42. The van der Waals surface area contributed by atoms with Crippen molar-refractivity contribution in [1.82, 2.24) is 14.8 Å². The minimum absolute atomic E-state index is 0.303. The largest absolute Gasteiger partial charge is 0.495 e. The Morgan fingerprint density at radius 2 is 1.96 bits per heavy atom. The van der Waals surface area contributed by atoms with E-state index in [1.54, 1.807) is 37.6 Å². The summed E-state index contributed by atoms with van der Waals surface area (Å²) >= 11 is 7.48. The maximum absolute atomic E-state index is 14.1. The van der Waals surface area contributed by atoms with Crippen LogP contribution in [0.5, 0.6) is 5.75 Å². The minimum Gasteiger partial charge on any atom is -0.495 e. The molecule has 0 aliphatic rings. The van der Waals surface area contributed by atoms with Gasteiger partial charge < -0.3 is 9.15 Å². The maximum atomic E-state index is 14.1. The highest BCUT2D eigenvalue weighted by molar-refractivity contribution is 7.98. The second kappa shape index (κ2) is 8.08. The van der Waals surface area contributed by atoms with E-state index in [9.17, 15) is 4.39 Å². The van der Waals surface area contributed by atoms with E-state index in [-0.39, 0.29) is 5.82 Å². The van der Waals surface area contributed by atoms with Crippen LogP contribution in [-0.2, 0) is 5.75 Å². The fourth-order valence-corrected chi connectivity index (χ4v) is 4.06. The first kappa shape index (κ1) is 18.6. The maximum Gasteiger partial charge on any atom is 0.205 e. The molecule has 5 nitrogen and oxygen atoms in total. The molecule has 2 aromatic carbocycles. The Hall–Kier alpha value is -2.77. The summed E-state index contributed by atoms with van der Waals surface area (Å²) in [5, 5.41) is 9.52. The van der Waals surface area contributed by atoms with Crippen molar-refractivity contribution in [1.29, 1.82) is 0 Å². The van der Waals surface area contributed by atoms with Crippen LogP contribution in [0.1, 0.15) is 5.56 Å². The molecule has 0 unspecified atom stereocenters. The van der Waals surface area contributed by atoms with Crippen molar-refractivity contribution < 1.29 is 13.5 Å². The van der Waals surface area contributed by atoms with E-state index < -0.39 is 0 Å². The van der Waals surface area contributed by atoms with Gasteiger partial charge in [-0.1, -0.05) is 41.6 Å². The van der Waals surface area contributed by atoms with Crippen LogP contribution in [0.3, 0.4) is 0 Å². The summed E-state index contributed by atoms with van der Waals surface area (Å²) in [4.78, 5) is 0. The molecule has 142 valence electrons. The fraction of sp³-hybridized carbons (Fsp3) is 0.100. The lowest BCUT2D eigenvalue weighted by atomic mass is 10.2. The van der Waals surface area contributed by atoms with Crippen molar-refractivity contribution in [2.75, 3.05) is 7.11 Å². The van der Waals surface area contributed by atoms with Gasteiger partial charge in [-0.05, 0) is 36.4 Å². The van der Waals surface area contributed by atoms with Crippen LogP contribution in [-0.4, -0.2) is 21.9 Å². The summed E-state index contributed by atoms with van der Waals surface area (Å²) in [6, 6.07) is 15.7. The highest BCUT2D eigenvalue weighted by Crippen LogP contribution is 2.35. The molecule has 8 heteroatoms. The van der Waals surface area contributed by atoms with E-state index in [4.69, 9.17) is 20.8 Å². The number of furan rings is 1. The van der Waals surface area contributed by atoms with E-state index in [2.05, 4.69) is 10.2 Å². The molecule has 0 aliphatic carbocycles. The smallest absolute Gasteiger partial charge is 0.205 e. The number of halogens is 2. The second-order valence-electron chi connectivity index (χ2n) is 5.78. The fourth-order valence-electron chi connectivity index (χ4n) is 2.77. The minimum atomic E-state index is -0.352. The van der Waals surface area contributed by atoms with Crippen molar-refractivity contribution in [2.45, 2.75) is 10.9 Å². The Bertz CT molecular complexity index is 1080. The van der Waals surface area contributed by atoms with Crippen LogP contribution in [0.15, 0.2) is 70.4 Å². The van der Waals surface area contributed by atoms with E-state index in [0.29, 0.717) is 38.8 Å². The second-order valence-corrected chi connectivity index (χ2v) is 7.13. The molecule has 2 aromatic heterocycles. The summed E-state index contributed by atoms with van der Waals surface area (Å²) in [6.45, 7) is 0. The molecule has 4 aromatic rings. The normalized spacial score (nSPS) is 11.0. The number of hydrogen-bond acceptors (Lipinski definition) is 5. The third kappa shape index (κ3) is 3.50. The topological polar surface area (TPSA) is 53.1 Å². The van der Waals surface area contributed by atoms with Gasteiger partial charge in [-0.3, -0.25) is 4.57 Å². The van der Waals surface area contributed by atoms with Crippen LogP contribution in [0.4, 0.5) is 4.39 Å². The zero-order valence-electron chi connectivity index (χ0n) is 14.8. The van der Waals surface area contributed by atoms with Crippen molar-refractivity contribution in [3.63, 3.8) is 0 Å². The molecule has 2 heterocycles. The molecular weight excluding hydrogens is 401 g/mol. The van der Waals surface area contributed by atoms with Crippen molar-refractivity contribution in [3.05, 3.63) is 77.3 Å². The molecule has 0 radical (unpaired) electrons. The van der Waals surface area contributed by atoms with Crippen molar-refractivity contribution in [2.24, 2.45) is 0 Å². The van der Waals surface area contributed by atoms with Crippen molar-refractivity contribution >= 4 is 23.4 Å². The first-order valence-corrected chi connectivity index (χ1v) is 9.73. The highest BCUT2D eigenvalue weighted by atomic mass is 35.5. The molecule has 4 rings (SSSR count). The Labute approximate surface area is 170 Å². The van der Waals surface area contributed by atoms with Gasteiger partial charge in [0.25, 0.3) is 0 Å². The molecule has 0 saturated carbocycles. The Kier molecular flexibility index (Phi) is 5.36. The molecule has 0 spiro atoms. The van der Waals surface area contributed by atoms with Crippen LogP contribution >= 0.6 is 23.4 Å². The molecule has 0 amide bonds. The number of aromatic nitrogens is 3. The quantitative estimate of drug-likeness (QED) is 0.382. The van der Waals surface area contributed by atoms with Crippen LogP contribution in [0, 0.1) is 5.82 Å². The Balaban J connectivity index is 1.78. The molecule has 0 atom stereocenters. The molecule has 0 N–H and O–H groups in total. The molecule has 28 heavy (non-hydrogen) atoms. The molecule has 0 bridgehead atoms. The number of ether oxygens (including phenoxy) is 1. The molecule has 0 fully saturated rings. The molecule has 0 aliphatic heterocycles. The van der Waals surface area contributed by atoms with E-state index in [1.807, 2.05) is 28.8 Å². The number of benzene rings is 2. The van der Waals surface area contributed by atoms with Gasteiger partial charge >= 0.3 is 0 Å². The first-order valence-electron chi connectivity index (χ1n) is 8.37.